The van der Waals surface area contributed by atoms with E-state index in [4.69, 9.17) is 4.74 Å². The third kappa shape index (κ3) is 2.18. The van der Waals surface area contributed by atoms with E-state index in [2.05, 4.69) is 0 Å². The smallest absolute Gasteiger partial charge is 0.233 e. The highest BCUT2D eigenvalue weighted by Gasteiger charge is 2.65. The summed E-state index contributed by atoms with van der Waals surface area (Å²) in [5.74, 6) is -3.03. The Kier molecular flexibility index (Phi) is 3.72. The third-order valence-corrected chi connectivity index (χ3v) is 6.66. The fraction of sp³-hybridized carbons (Fsp3) is 0.600. The van der Waals surface area contributed by atoms with Crippen molar-refractivity contribution >= 4 is 11.8 Å². The number of carbonyl (C=O) groups excluding carboxylic acids is 2. The highest BCUT2D eigenvalue weighted by Crippen LogP contribution is 2.58. The van der Waals surface area contributed by atoms with Gasteiger partial charge in [0.15, 0.2) is 5.79 Å². The molecule has 1 saturated carbocycles. The highest BCUT2D eigenvalue weighted by atomic mass is 16.6. The van der Waals surface area contributed by atoms with Crippen LogP contribution in [0.4, 0.5) is 0 Å². The minimum atomic E-state index is -1.41. The number of benzene rings is 1. The summed E-state index contributed by atoms with van der Waals surface area (Å²) in [5, 5.41) is 21.3. The van der Waals surface area contributed by atoms with E-state index in [9.17, 15) is 19.8 Å². The van der Waals surface area contributed by atoms with Crippen molar-refractivity contribution < 1.29 is 24.5 Å². The lowest BCUT2D eigenvalue weighted by Gasteiger charge is -2.43. The number of amides is 2. The van der Waals surface area contributed by atoms with E-state index in [0.29, 0.717) is 12.8 Å². The molecule has 0 spiro atoms. The largest absolute Gasteiger partial charge is 0.507 e. The van der Waals surface area contributed by atoms with Gasteiger partial charge < -0.3 is 14.9 Å². The number of nitrogens with zero attached hydrogens (tertiary/aromatic N) is 1. The van der Waals surface area contributed by atoms with Crippen LogP contribution in [0.5, 0.6) is 5.75 Å². The Balaban J connectivity index is 1.72. The van der Waals surface area contributed by atoms with Crippen molar-refractivity contribution in [2.24, 2.45) is 23.7 Å². The van der Waals surface area contributed by atoms with Gasteiger partial charge in [0.2, 0.25) is 11.8 Å². The zero-order valence-corrected chi connectivity index (χ0v) is 15.5. The zero-order chi connectivity index (χ0) is 19.0. The van der Waals surface area contributed by atoms with E-state index in [1.807, 2.05) is 32.9 Å². The minimum Gasteiger partial charge on any atom is -0.507 e. The van der Waals surface area contributed by atoms with Crippen LogP contribution in [0, 0.1) is 37.5 Å². The summed E-state index contributed by atoms with van der Waals surface area (Å²) >= 11 is 0. The molecule has 140 valence electrons. The topological polar surface area (TPSA) is 87.1 Å². The summed E-state index contributed by atoms with van der Waals surface area (Å²) in [5.41, 5.74) is 2.39. The molecule has 1 aromatic carbocycles. The molecule has 0 unspecified atom stereocenters. The second kappa shape index (κ2) is 5.54. The van der Waals surface area contributed by atoms with Crippen molar-refractivity contribution in [3.8, 4) is 5.75 Å². The average molecular weight is 359 g/mol. The van der Waals surface area contributed by atoms with Crippen LogP contribution in [0.15, 0.2) is 12.1 Å². The van der Waals surface area contributed by atoms with E-state index in [1.165, 1.54) is 11.9 Å². The number of phenols is 1. The molecule has 2 aliphatic heterocycles. The maximum atomic E-state index is 12.6. The second-order valence-corrected chi connectivity index (χ2v) is 8.21. The van der Waals surface area contributed by atoms with E-state index in [1.54, 1.807) is 0 Å². The Morgan fingerprint density at radius 3 is 2.38 bits per heavy atom. The summed E-state index contributed by atoms with van der Waals surface area (Å²) in [6, 6.07) is 3.73. The first kappa shape index (κ1) is 17.5. The van der Waals surface area contributed by atoms with Crippen LogP contribution in [0.25, 0.3) is 0 Å². The number of aryl methyl sites for hydroxylation is 2. The summed E-state index contributed by atoms with van der Waals surface area (Å²) < 4.78 is 6.12. The molecule has 26 heavy (non-hydrogen) atoms. The van der Waals surface area contributed by atoms with Gasteiger partial charge in [0.1, 0.15) is 5.75 Å². The number of ether oxygens (including phenoxy) is 1. The molecule has 2 N–H and O–H groups in total. The van der Waals surface area contributed by atoms with Crippen molar-refractivity contribution in [2.45, 2.75) is 45.5 Å². The molecule has 2 amide bonds. The molecule has 3 fully saturated rings. The molecule has 2 heterocycles. The van der Waals surface area contributed by atoms with Crippen LogP contribution in [-0.4, -0.2) is 39.8 Å². The van der Waals surface area contributed by atoms with Crippen LogP contribution in [0.2, 0.25) is 0 Å². The molecule has 6 heteroatoms. The number of fused-ring (bicyclic) bond motifs is 3. The van der Waals surface area contributed by atoms with Crippen molar-refractivity contribution in [1.29, 1.82) is 0 Å². The van der Waals surface area contributed by atoms with Gasteiger partial charge in [0.25, 0.3) is 0 Å². The molecule has 0 aromatic heterocycles. The number of rotatable bonds is 1. The number of aliphatic hydroxyl groups is 1. The van der Waals surface area contributed by atoms with Crippen LogP contribution in [-0.2, 0) is 14.3 Å². The molecule has 6 nitrogen and oxygen atoms in total. The van der Waals surface area contributed by atoms with Gasteiger partial charge in [-0.15, -0.1) is 0 Å². The first-order chi connectivity index (χ1) is 12.1. The number of phenolic OH excluding ortho intramolecular Hbond substituents is 1. The number of hydrogen-bond donors (Lipinski definition) is 2. The maximum Gasteiger partial charge on any atom is 0.233 e. The molecule has 1 aliphatic carbocycles. The van der Waals surface area contributed by atoms with E-state index in [0.717, 1.165) is 16.7 Å². The Hall–Kier alpha value is -1.92. The average Bonchev–Trinajstić information content (AvgIpc) is 3.05. The highest BCUT2D eigenvalue weighted by molar-refractivity contribution is 6.05. The molecule has 3 aliphatic rings. The molecule has 1 aromatic rings. The lowest BCUT2D eigenvalue weighted by atomic mass is 9.65. The lowest BCUT2D eigenvalue weighted by Crippen LogP contribution is -2.52. The van der Waals surface area contributed by atoms with Gasteiger partial charge in [-0.2, -0.15) is 0 Å². The number of likely N-dealkylation sites (tertiary alicyclic amines) is 1. The Morgan fingerprint density at radius 1 is 1.15 bits per heavy atom. The summed E-state index contributed by atoms with van der Waals surface area (Å²) in [7, 11) is 1.52. The Morgan fingerprint density at radius 2 is 1.77 bits per heavy atom. The number of hydrogen-bond acceptors (Lipinski definition) is 5. The zero-order valence-electron chi connectivity index (χ0n) is 15.5. The van der Waals surface area contributed by atoms with Gasteiger partial charge in [-0.3, -0.25) is 14.5 Å². The second-order valence-electron chi connectivity index (χ2n) is 8.21. The fourth-order valence-corrected chi connectivity index (χ4v) is 5.18. The van der Waals surface area contributed by atoms with Gasteiger partial charge in [-0.1, -0.05) is 6.92 Å². The van der Waals surface area contributed by atoms with Crippen molar-refractivity contribution in [3.05, 3.63) is 28.8 Å². The van der Waals surface area contributed by atoms with Crippen LogP contribution < -0.4 is 0 Å². The van der Waals surface area contributed by atoms with Crippen LogP contribution >= 0.6 is 0 Å². The quantitative estimate of drug-likeness (QED) is 0.750. The lowest BCUT2D eigenvalue weighted by molar-refractivity contribution is -0.265. The first-order valence-electron chi connectivity index (χ1n) is 9.16. The van der Waals surface area contributed by atoms with Gasteiger partial charge in [-0.25, -0.2) is 0 Å². The molecule has 6 atom stereocenters. The van der Waals surface area contributed by atoms with Gasteiger partial charge in [-0.05, 0) is 55.5 Å². The maximum absolute atomic E-state index is 12.6. The molecule has 0 bridgehead atoms. The molecule has 0 radical (unpaired) electrons. The minimum absolute atomic E-state index is 0.145. The van der Waals surface area contributed by atoms with Crippen LogP contribution in [0.3, 0.4) is 0 Å². The summed E-state index contributed by atoms with van der Waals surface area (Å²) in [6.07, 6.45) is 0.573. The Labute approximate surface area is 152 Å². The van der Waals surface area contributed by atoms with E-state index in [-0.39, 0.29) is 35.5 Å². The number of imide groups is 1. The fourth-order valence-electron chi connectivity index (χ4n) is 5.18. The SMILES string of the molecule is Cc1cc([C@@H]2C[C@H]3[C@H]4C(=O)N(C)C(=O)[C@H]4C[C@H](C)[C@@]3(O)O2)cc(C)c1O. The normalized spacial score (nSPS) is 39.3. The summed E-state index contributed by atoms with van der Waals surface area (Å²) in [6.45, 7) is 5.54. The predicted octanol–water partition coefficient (Wildman–Crippen LogP) is 2.05. The van der Waals surface area contributed by atoms with Gasteiger partial charge in [0.05, 0.1) is 17.9 Å². The third-order valence-electron chi connectivity index (χ3n) is 6.66. The van der Waals surface area contributed by atoms with Crippen molar-refractivity contribution in [1.82, 2.24) is 4.90 Å². The monoisotopic (exact) mass is 359 g/mol. The molecular weight excluding hydrogens is 334 g/mol. The predicted molar refractivity (Wildman–Crippen MR) is 93.0 cm³/mol. The van der Waals surface area contributed by atoms with Crippen molar-refractivity contribution in [3.63, 3.8) is 0 Å². The number of aromatic hydroxyl groups is 1. The standard InChI is InChI=1S/C20H25NO5/c1-9-5-12(6-10(2)17(9)22)15-8-14-16-13(18(23)21(4)19(16)24)7-11(3)20(14,25)26-15/h5-6,11,13-16,22,25H,7-8H2,1-4H3/t11-,13-,14-,15-,16-,20+/m0/s1. The first-order valence-corrected chi connectivity index (χ1v) is 9.16. The van der Waals surface area contributed by atoms with Crippen LogP contribution in [0.1, 0.15) is 42.6 Å². The van der Waals surface area contributed by atoms with Gasteiger partial charge >= 0.3 is 0 Å². The molecule has 4 rings (SSSR count). The van der Waals surface area contributed by atoms with E-state index >= 15 is 0 Å². The van der Waals surface area contributed by atoms with E-state index < -0.39 is 17.6 Å². The molecule has 2 saturated heterocycles. The number of carbonyl (C=O) groups is 2. The Bertz CT molecular complexity index is 782. The van der Waals surface area contributed by atoms with Crippen molar-refractivity contribution in [2.75, 3.05) is 7.05 Å². The summed E-state index contributed by atoms with van der Waals surface area (Å²) in [4.78, 5) is 26.3. The van der Waals surface area contributed by atoms with Gasteiger partial charge in [0, 0.05) is 18.9 Å². The molecular formula is C20H25NO5.